The molecule has 0 bridgehead atoms. The predicted molar refractivity (Wildman–Crippen MR) is 91.4 cm³/mol. The standard InChI is InChI=1S/C15H29N5S/c1-3-18(4-2)8-5-16-6-9-19-10-12-20(13-11-19)15-17-7-14-21-15/h7,14,16H,3-6,8-13H2,1-2H3. The van der Waals surface area contributed by atoms with Gasteiger partial charge in [-0.1, -0.05) is 13.8 Å². The molecule has 5 nitrogen and oxygen atoms in total. The highest BCUT2D eigenvalue weighted by Crippen LogP contribution is 2.18. The van der Waals surface area contributed by atoms with Crippen molar-refractivity contribution in [2.24, 2.45) is 0 Å². The smallest absolute Gasteiger partial charge is 0.185 e. The Hall–Kier alpha value is -0.690. The molecule has 1 aromatic heterocycles. The Morgan fingerprint density at radius 1 is 1.19 bits per heavy atom. The van der Waals surface area contributed by atoms with E-state index < -0.39 is 0 Å². The Balaban J connectivity index is 1.53. The van der Waals surface area contributed by atoms with Crippen molar-refractivity contribution >= 4 is 16.5 Å². The van der Waals surface area contributed by atoms with Gasteiger partial charge in [-0.05, 0) is 13.1 Å². The van der Waals surface area contributed by atoms with Gasteiger partial charge in [-0.25, -0.2) is 4.98 Å². The second-order valence-electron chi connectivity index (χ2n) is 5.42. The number of likely N-dealkylation sites (N-methyl/N-ethyl adjacent to an activating group) is 1. The van der Waals surface area contributed by atoms with Crippen molar-refractivity contribution in [3.05, 3.63) is 11.6 Å². The first-order valence-electron chi connectivity index (χ1n) is 8.13. The molecule has 0 saturated carbocycles. The highest BCUT2D eigenvalue weighted by atomic mass is 32.1. The molecular formula is C15H29N5S. The molecule has 1 saturated heterocycles. The van der Waals surface area contributed by atoms with Crippen LogP contribution in [0, 0.1) is 0 Å². The Bertz CT molecular complexity index is 358. The summed E-state index contributed by atoms with van der Waals surface area (Å²) in [6, 6.07) is 0. The molecule has 0 radical (unpaired) electrons. The van der Waals surface area contributed by atoms with Crippen LogP contribution in [0.5, 0.6) is 0 Å². The number of aromatic nitrogens is 1. The van der Waals surface area contributed by atoms with Crippen molar-refractivity contribution in [1.29, 1.82) is 0 Å². The fourth-order valence-corrected chi connectivity index (χ4v) is 3.37. The number of piperazine rings is 1. The summed E-state index contributed by atoms with van der Waals surface area (Å²) in [6.45, 7) is 15.8. The highest BCUT2D eigenvalue weighted by Gasteiger charge is 2.17. The van der Waals surface area contributed by atoms with Gasteiger partial charge in [0.2, 0.25) is 0 Å². The normalized spacial score (nSPS) is 16.8. The maximum atomic E-state index is 4.39. The second-order valence-corrected chi connectivity index (χ2v) is 6.29. The maximum absolute atomic E-state index is 4.39. The van der Waals surface area contributed by atoms with Crippen LogP contribution in [-0.4, -0.2) is 80.2 Å². The minimum Gasteiger partial charge on any atom is -0.346 e. The van der Waals surface area contributed by atoms with E-state index in [2.05, 4.69) is 44.2 Å². The van der Waals surface area contributed by atoms with E-state index in [4.69, 9.17) is 0 Å². The molecule has 1 aromatic rings. The first-order chi connectivity index (χ1) is 10.3. The molecule has 0 aliphatic carbocycles. The largest absolute Gasteiger partial charge is 0.346 e. The van der Waals surface area contributed by atoms with Gasteiger partial charge in [0, 0.05) is 63.9 Å². The number of nitrogens with zero attached hydrogens (tertiary/aromatic N) is 4. The van der Waals surface area contributed by atoms with Gasteiger partial charge >= 0.3 is 0 Å². The van der Waals surface area contributed by atoms with E-state index in [1.165, 1.54) is 5.13 Å². The molecule has 0 spiro atoms. The van der Waals surface area contributed by atoms with E-state index in [0.29, 0.717) is 0 Å². The summed E-state index contributed by atoms with van der Waals surface area (Å²) in [5.74, 6) is 0. The lowest BCUT2D eigenvalue weighted by Crippen LogP contribution is -2.48. The zero-order chi connectivity index (χ0) is 14.9. The molecule has 120 valence electrons. The zero-order valence-corrected chi connectivity index (χ0v) is 14.2. The summed E-state index contributed by atoms with van der Waals surface area (Å²) in [6.07, 6.45) is 1.90. The summed E-state index contributed by atoms with van der Waals surface area (Å²) >= 11 is 1.74. The van der Waals surface area contributed by atoms with Gasteiger partial charge in [0.15, 0.2) is 5.13 Å². The first-order valence-corrected chi connectivity index (χ1v) is 9.01. The third-order valence-corrected chi connectivity index (χ3v) is 5.00. The fraction of sp³-hybridized carbons (Fsp3) is 0.800. The van der Waals surface area contributed by atoms with Crippen molar-refractivity contribution in [3.8, 4) is 0 Å². The molecule has 2 heterocycles. The van der Waals surface area contributed by atoms with Crippen LogP contribution in [0.2, 0.25) is 0 Å². The van der Waals surface area contributed by atoms with Gasteiger partial charge in [0.25, 0.3) is 0 Å². The lowest BCUT2D eigenvalue weighted by molar-refractivity contribution is 0.252. The van der Waals surface area contributed by atoms with Crippen LogP contribution in [0.15, 0.2) is 11.6 Å². The maximum Gasteiger partial charge on any atom is 0.185 e. The van der Waals surface area contributed by atoms with Crippen molar-refractivity contribution in [1.82, 2.24) is 20.1 Å². The summed E-state index contributed by atoms with van der Waals surface area (Å²) in [5.41, 5.74) is 0. The molecule has 21 heavy (non-hydrogen) atoms. The Morgan fingerprint density at radius 2 is 1.95 bits per heavy atom. The minimum absolute atomic E-state index is 1.10. The molecule has 1 N–H and O–H groups in total. The van der Waals surface area contributed by atoms with E-state index in [9.17, 15) is 0 Å². The van der Waals surface area contributed by atoms with E-state index in [1.54, 1.807) is 11.3 Å². The van der Waals surface area contributed by atoms with Crippen molar-refractivity contribution in [2.75, 3.05) is 70.3 Å². The lowest BCUT2D eigenvalue weighted by atomic mass is 10.3. The molecule has 0 amide bonds. The molecule has 0 aromatic carbocycles. The van der Waals surface area contributed by atoms with Crippen LogP contribution in [0.3, 0.4) is 0 Å². The Kier molecular flexibility index (Phi) is 7.43. The molecule has 0 unspecified atom stereocenters. The molecule has 0 atom stereocenters. The van der Waals surface area contributed by atoms with Crippen LogP contribution in [-0.2, 0) is 0 Å². The van der Waals surface area contributed by atoms with Crippen LogP contribution in [0.25, 0.3) is 0 Å². The number of hydrogen-bond acceptors (Lipinski definition) is 6. The van der Waals surface area contributed by atoms with Gasteiger partial charge in [-0.15, -0.1) is 11.3 Å². The fourth-order valence-electron chi connectivity index (χ4n) is 2.67. The van der Waals surface area contributed by atoms with Gasteiger partial charge in [-0.3, -0.25) is 4.90 Å². The van der Waals surface area contributed by atoms with Crippen LogP contribution in [0.4, 0.5) is 5.13 Å². The first kappa shape index (κ1) is 16.7. The topological polar surface area (TPSA) is 34.6 Å². The third kappa shape index (κ3) is 5.54. The molecule has 1 fully saturated rings. The number of hydrogen-bond donors (Lipinski definition) is 1. The summed E-state index contributed by atoms with van der Waals surface area (Å²) in [5, 5.41) is 6.79. The SMILES string of the molecule is CCN(CC)CCNCCN1CCN(c2nccs2)CC1. The van der Waals surface area contributed by atoms with E-state index in [0.717, 1.165) is 65.4 Å². The number of rotatable bonds is 9. The Labute approximate surface area is 132 Å². The van der Waals surface area contributed by atoms with Crippen LogP contribution >= 0.6 is 11.3 Å². The molecule has 1 aliphatic rings. The van der Waals surface area contributed by atoms with Gasteiger partial charge in [0.1, 0.15) is 0 Å². The summed E-state index contributed by atoms with van der Waals surface area (Å²) in [7, 11) is 0. The zero-order valence-electron chi connectivity index (χ0n) is 13.4. The van der Waals surface area contributed by atoms with Gasteiger partial charge in [-0.2, -0.15) is 0 Å². The summed E-state index contributed by atoms with van der Waals surface area (Å²) < 4.78 is 0. The van der Waals surface area contributed by atoms with Crippen LogP contribution < -0.4 is 10.2 Å². The van der Waals surface area contributed by atoms with Crippen molar-refractivity contribution in [2.45, 2.75) is 13.8 Å². The van der Waals surface area contributed by atoms with Crippen LogP contribution in [0.1, 0.15) is 13.8 Å². The molecule has 2 rings (SSSR count). The number of thiazole rings is 1. The average Bonchev–Trinajstić information content (AvgIpc) is 3.06. The quantitative estimate of drug-likeness (QED) is 0.693. The third-order valence-electron chi connectivity index (χ3n) is 4.17. The number of nitrogens with one attached hydrogen (secondary N) is 1. The average molecular weight is 311 g/mol. The van der Waals surface area contributed by atoms with Crippen molar-refractivity contribution in [3.63, 3.8) is 0 Å². The van der Waals surface area contributed by atoms with Gasteiger partial charge in [0.05, 0.1) is 0 Å². The predicted octanol–water partition coefficient (Wildman–Crippen LogP) is 1.20. The monoisotopic (exact) mass is 311 g/mol. The number of anilines is 1. The molecular weight excluding hydrogens is 282 g/mol. The summed E-state index contributed by atoms with van der Waals surface area (Å²) in [4.78, 5) is 11.8. The minimum atomic E-state index is 1.10. The van der Waals surface area contributed by atoms with E-state index >= 15 is 0 Å². The van der Waals surface area contributed by atoms with E-state index in [1.807, 2.05) is 6.20 Å². The molecule has 6 heteroatoms. The Morgan fingerprint density at radius 3 is 2.57 bits per heavy atom. The highest BCUT2D eigenvalue weighted by molar-refractivity contribution is 7.13. The van der Waals surface area contributed by atoms with E-state index in [-0.39, 0.29) is 0 Å². The molecule has 1 aliphatic heterocycles. The second kappa shape index (κ2) is 9.35. The van der Waals surface area contributed by atoms with Gasteiger partial charge < -0.3 is 15.1 Å². The lowest BCUT2D eigenvalue weighted by Gasteiger charge is -2.34. The van der Waals surface area contributed by atoms with Crippen molar-refractivity contribution < 1.29 is 0 Å².